The number of rotatable bonds is 17. The molecule has 0 unspecified atom stereocenters. The molecule has 3 heteroatoms. The van der Waals surface area contributed by atoms with Crippen molar-refractivity contribution in [2.45, 2.75) is 96.8 Å². The minimum Gasteiger partial charge on any atom is -0.507 e. The molecule has 1 N–H and O–H groups in total. The van der Waals surface area contributed by atoms with Gasteiger partial charge in [-0.05, 0) is 44.2 Å². The predicted molar refractivity (Wildman–Crippen MR) is 118 cm³/mol. The second kappa shape index (κ2) is 17.3. The van der Waals surface area contributed by atoms with Crippen LogP contribution in [0.25, 0.3) is 0 Å². The van der Waals surface area contributed by atoms with Gasteiger partial charge in [0, 0.05) is 0 Å². The van der Waals surface area contributed by atoms with Crippen LogP contribution in [0.3, 0.4) is 0 Å². The summed E-state index contributed by atoms with van der Waals surface area (Å²) in [7, 11) is 0. The highest BCUT2D eigenvalue weighted by Gasteiger charge is 2.10. The molecule has 0 heterocycles. The molecule has 158 valence electrons. The molecule has 1 aromatic rings. The number of aromatic hydroxyl groups is 1. The van der Waals surface area contributed by atoms with Crippen molar-refractivity contribution < 1.29 is 14.6 Å². The van der Waals surface area contributed by atoms with Gasteiger partial charge in [0.05, 0.1) is 6.61 Å². The molecule has 0 amide bonds. The first-order valence-electron chi connectivity index (χ1n) is 11.4. The lowest BCUT2D eigenvalue weighted by Crippen LogP contribution is -2.06. The zero-order valence-corrected chi connectivity index (χ0v) is 17.8. The van der Waals surface area contributed by atoms with Gasteiger partial charge in [-0.1, -0.05) is 89.0 Å². The molecule has 0 fully saturated rings. The zero-order chi connectivity index (χ0) is 20.3. The Morgan fingerprint density at radius 1 is 0.821 bits per heavy atom. The average Bonchev–Trinajstić information content (AvgIpc) is 2.70. The van der Waals surface area contributed by atoms with Gasteiger partial charge in [0.15, 0.2) is 0 Å². The first-order valence-corrected chi connectivity index (χ1v) is 11.4. The molecule has 0 radical (unpaired) electrons. The van der Waals surface area contributed by atoms with Gasteiger partial charge in [-0.25, -0.2) is 4.79 Å². The van der Waals surface area contributed by atoms with Gasteiger partial charge in [0.2, 0.25) is 0 Å². The Balaban J connectivity index is 1.85. The van der Waals surface area contributed by atoms with E-state index in [0.717, 1.165) is 12.8 Å². The summed E-state index contributed by atoms with van der Waals surface area (Å²) < 4.78 is 5.22. The van der Waals surface area contributed by atoms with E-state index in [0.29, 0.717) is 6.61 Å². The maximum absolute atomic E-state index is 11.8. The van der Waals surface area contributed by atoms with E-state index in [1.807, 2.05) is 0 Å². The Morgan fingerprint density at radius 3 is 1.96 bits per heavy atom. The van der Waals surface area contributed by atoms with Gasteiger partial charge in [0.1, 0.15) is 11.3 Å². The van der Waals surface area contributed by atoms with Crippen LogP contribution >= 0.6 is 0 Å². The third-order valence-electron chi connectivity index (χ3n) is 5.01. The third-order valence-corrected chi connectivity index (χ3v) is 5.01. The highest BCUT2D eigenvalue weighted by atomic mass is 16.5. The Labute approximate surface area is 172 Å². The van der Waals surface area contributed by atoms with E-state index in [1.54, 1.807) is 18.2 Å². The molecule has 0 aliphatic rings. The van der Waals surface area contributed by atoms with E-state index in [-0.39, 0.29) is 11.3 Å². The van der Waals surface area contributed by atoms with Crippen LogP contribution < -0.4 is 0 Å². The van der Waals surface area contributed by atoms with Crippen molar-refractivity contribution in [3.8, 4) is 5.75 Å². The fraction of sp³-hybridized carbons (Fsp3) is 0.640. The number of unbranched alkanes of at least 4 members (excludes halogenated alkanes) is 12. The van der Waals surface area contributed by atoms with Crippen LogP contribution in [0, 0.1) is 0 Å². The zero-order valence-electron chi connectivity index (χ0n) is 17.8. The number of phenols is 1. The summed E-state index contributed by atoms with van der Waals surface area (Å²) in [5.74, 6) is -0.459. The molecule has 1 aromatic carbocycles. The van der Waals surface area contributed by atoms with E-state index in [1.165, 1.54) is 83.1 Å². The van der Waals surface area contributed by atoms with Gasteiger partial charge < -0.3 is 9.84 Å². The van der Waals surface area contributed by atoms with Crippen LogP contribution in [-0.4, -0.2) is 17.7 Å². The summed E-state index contributed by atoms with van der Waals surface area (Å²) in [6, 6.07) is 6.50. The largest absolute Gasteiger partial charge is 0.507 e. The normalized spacial score (nSPS) is 11.2. The molecule has 0 spiro atoms. The Hall–Kier alpha value is -1.77. The van der Waals surface area contributed by atoms with Crippen molar-refractivity contribution in [3.63, 3.8) is 0 Å². The van der Waals surface area contributed by atoms with Gasteiger partial charge in [-0.2, -0.15) is 0 Å². The molecule has 28 heavy (non-hydrogen) atoms. The topological polar surface area (TPSA) is 46.5 Å². The molecular weight excluding hydrogens is 348 g/mol. The number of carbonyl (C=O) groups is 1. The van der Waals surface area contributed by atoms with Crippen LogP contribution in [0.1, 0.15) is 107 Å². The fourth-order valence-electron chi connectivity index (χ4n) is 3.24. The molecule has 1 rings (SSSR count). The van der Waals surface area contributed by atoms with Crippen LogP contribution in [0.5, 0.6) is 5.75 Å². The van der Waals surface area contributed by atoms with E-state index in [4.69, 9.17) is 4.74 Å². The predicted octanol–water partition coefficient (Wildman–Crippen LogP) is 7.59. The summed E-state index contributed by atoms with van der Waals surface area (Å²) in [4.78, 5) is 11.8. The SMILES string of the molecule is CCCCCCCC/C=C\CCCCCCCCOC(=O)c1ccccc1O. The summed E-state index contributed by atoms with van der Waals surface area (Å²) in [6.07, 6.45) is 22.4. The van der Waals surface area contributed by atoms with Crippen LogP contribution in [-0.2, 0) is 4.74 Å². The Bertz CT molecular complexity index is 536. The number of carbonyl (C=O) groups excluding carboxylic acids is 1. The molecule has 0 aromatic heterocycles. The van der Waals surface area contributed by atoms with E-state index in [2.05, 4.69) is 19.1 Å². The third kappa shape index (κ3) is 12.6. The van der Waals surface area contributed by atoms with Gasteiger partial charge in [0.25, 0.3) is 0 Å². The van der Waals surface area contributed by atoms with Crippen LogP contribution in [0.2, 0.25) is 0 Å². The highest BCUT2D eigenvalue weighted by molar-refractivity contribution is 5.92. The molecule has 0 aliphatic carbocycles. The maximum atomic E-state index is 11.8. The summed E-state index contributed by atoms with van der Waals surface area (Å²) >= 11 is 0. The minimum absolute atomic E-state index is 0.0199. The number of phenolic OH excluding ortho intramolecular Hbond substituents is 1. The van der Waals surface area contributed by atoms with Crippen LogP contribution in [0.15, 0.2) is 36.4 Å². The number of hydrogen-bond donors (Lipinski definition) is 1. The number of para-hydroxylation sites is 1. The van der Waals surface area contributed by atoms with Gasteiger partial charge in [-0.15, -0.1) is 0 Å². The summed E-state index contributed by atoms with van der Waals surface area (Å²) in [5, 5.41) is 9.62. The number of esters is 1. The number of hydrogen-bond acceptors (Lipinski definition) is 3. The molecule has 0 aliphatic heterocycles. The van der Waals surface area contributed by atoms with Crippen molar-refractivity contribution >= 4 is 5.97 Å². The van der Waals surface area contributed by atoms with Gasteiger partial charge in [-0.3, -0.25) is 0 Å². The number of allylic oxidation sites excluding steroid dienone is 2. The van der Waals surface area contributed by atoms with E-state index >= 15 is 0 Å². The van der Waals surface area contributed by atoms with Crippen molar-refractivity contribution in [2.24, 2.45) is 0 Å². The first-order chi connectivity index (χ1) is 13.8. The fourth-order valence-corrected chi connectivity index (χ4v) is 3.24. The summed E-state index contributed by atoms with van der Waals surface area (Å²) in [6.45, 7) is 2.69. The molecule has 0 saturated heterocycles. The van der Waals surface area contributed by atoms with Crippen molar-refractivity contribution in [1.29, 1.82) is 0 Å². The Kier molecular flexibility index (Phi) is 15.0. The standard InChI is InChI=1S/C25H40O3/c1-2-3-4-5-6-7-8-9-10-11-12-13-14-15-16-19-22-28-25(27)23-20-17-18-21-24(23)26/h9-10,17-18,20-21,26H,2-8,11-16,19,22H2,1H3/b10-9-. The summed E-state index contributed by atoms with van der Waals surface area (Å²) in [5.41, 5.74) is 0.243. The number of ether oxygens (including phenoxy) is 1. The highest BCUT2D eigenvalue weighted by Crippen LogP contribution is 2.17. The molecular formula is C25H40O3. The maximum Gasteiger partial charge on any atom is 0.341 e. The minimum atomic E-state index is -0.439. The molecule has 0 bridgehead atoms. The molecule has 3 nitrogen and oxygen atoms in total. The van der Waals surface area contributed by atoms with Crippen molar-refractivity contribution in [2.75, 3.05) is 6.61 Å². The van der Waals surface area contributed by atoms with Crippen LogP contribution in [0.4, 0.5) is 0 Å². The molecule has 0 atom stereocenters. The quantitative estimate of drug-likeness (QED) is 0.170. The smallest absolute Gasteiger partial charge is 0.341 e. The van der Waals surface area contributed by atoms with Gasteiger partial charge >= 0.3 is 5.97 Å². The molecule has 0 saturated carbocycles. The lowest BCUT2D eigenvalue weighted by molar-refractivity contribution is 0.0494. The number of benzene rings is 1. The second-order valence-corrected chi connectivity index (χ2v) is 7.59. The first kappa shape index (κ1) is 24.3. The van der Waals surface area contributed by atoms with Crippen molar-refractivity contribution in [1.82, 2.24) is 0 Å². The monoisotopic (exact) mass is 388 g/mol. The lowest BCUT2D eigenvalue weighted by atomic mass is 10.1. The van der Waals surface area contributed by atoms with E-state index < -0.39 is 5.97 Å². The van der Waals surface area contributed by atoms with E-state index in [9.17, 15) is 9.90 Å². The second-order valence-electron chi connectivity index (χ2n) is 7.59. The van der Waals surface area contributed by atoms with Crippen molar-refractivity contribution in [3.05, 3.63) is 42.0 Å². The average molecular weight is 389 g/mol. The Morgan fingerprint density at radius 2 is 1.36 bits per heavy atom. The lowest BCUT2D eigenvalue weighted by Gasteiger charge is -2.06.